The number of Topliss-reactive ketones (excluding diaryl/α,β-unsaturated/α-hetero) is 1. The quantitative estimate of drug-likeness (QED) is 0.574. The summed E-state index contributed by atoms with van der Waals surface area (Å²) in [5, 5.41) is 0. The van der Waals surface area contributed by atoms with E-state index >= 15 is 0 Å². The van der Waals surface area contributed by atoms with Crippen molar-refractivity contribution in [2.75, 3.05) is 12.8 Å². The minimum atomic E-state index is -0.372. The van der Waals surface area contributed by atoms with Gasteiger partial charge in [0.25, 0.3) is 0 Å². The van der Waals surface area contributed by atoms with Crippen LogP contribution in [0.1, 0.15) is 10.4 Å². The van der Waals surface area contributed by atoms with E-state index in [9.17, 15) is 9.18 Å². The predicted molar refractivity (Wildman–Crippen MR) is 92.7 cm³/mol. The Labute approximate surface area is 145 Å². The molecule has 0 saturated carbocycles. The summed E-state index contributed by atoms with van der Waals surface area (Å²) >= 11 is 0. The van der Waals surface area contributed by atoms with Crippen LogP contribution in [-0.4, -0.2) is 17.5 Å². The summed E-state index contributed by atoms with van der Waals surface area (Å²) in [6.45, 7) is 0.0786. The number of ketones is 1. The number of hydrogen-bond donors (Lipinski definition) is 1. The normalized spacial score (nSPS) is 10.7. The van der Waals surface area contributed by atoms with Gasteiger partial charge in [-0.3, -0.25) is 10.5 Å². The molecule has 1 heterocycles. The van der Waals surface area contributed by atoms with Gasteiger partial charge in [0.1, 0.15) is 30.0 Å². The lowest BCUT2D eigenvalue weighted by molar-refractivity contribution is -0.667. The maximum absolute atomic E-state index is 13.0. The zero-order valence-electron chi connectivity index (χ0n) is 14.1. The first kappa shape index (κ1) is 16.7. The lowest BCUT2D eigenvalue weighted by Crippen LogP contribution is -2.39. The molecule has 0 spiro atoms. The molecule has 5 nitrogen and oxygen atoms in total. The van der Waals surface area contributed by atoms with E-state index in [-0.39, 0.29) is 18.1 Å². The molecule has 0 unspecified atom stereocenters. The SMILES string of the molecule is COc1cccc(-c2c[n+](CC(=O)c3ccc(F)cc3)c(N)n2C)c1. The maximum atomic E-state index is 13.0. The first-order valence-electron chi connectivity index (χ1n) is 7.77. The van der Waals surface area contributed by atoms with Crippen molar-refractivity contribution in [3.05, 3.63) is 66.1 Å². The summed E-state index contributed by atoms with van der Waals surface area (Å²) in [6.07, 6.45) is 1.82. The number of hydrogen-bond acceptors (Lipinski definition) is 3. The number of aromatic nitrogens is 2. The molecule has 2 N–H and O–H groups in total. The van der Waals surface area contributed by atoms with E-state index in [0.29, 0.717) is 11.5 Å². The highest BCUT2D eigenvalue weighted by atomic mass is 19.1. The Hall–Kier alpha value is -3.15. The number of anilines is 1. The lowest BCUT2D eigenvalue weighted by Gasteiger charge is -2.02. The summed E-state index contributed by atoms with van der Waals surface area (Å²) in [4.78, 5) is 12.4. The summed E-state index contributed by atoms with van der Waals surface area (Å²) in [6, 6.07) is 13.1. The highest BCUT2D eigenvalue weighted by Gasteiger charge is 2.20. The van der Waals surface area contributed by atoms with Crippen molar-refractivity contribution < 1.29 is 18.5 Å². The van der Waals surface area contributed by atoms with Crippen LogP contribution in [0.4, 0.5) is 10.3 Å². The molecule has 0 aliphatic rings. The number of rotatable bonds is 5. The zero-order chi connectivity index (χ0) is 18.0. The van der Waals surface area contributed by atoms with Crippen LogP contribution in [0.5, 0.6) is 5.75 Å². The first-order chi connectivity index (χ1) is 12.0. The molecule has 0 atom stereocenters. The first-order valence-corrected chi connectivity index (χ1v) is 7.77. The molecule has 0 amide bonds. The van der Waals surface area contributed by atoms with Crippen LogP contribution in [0.2, 0.25) is 0 Å². The third-order valence-electron chi connectivity index (χ3n) is 4.12. The Morgan fingerprint density at radius 3 is 2.64 bits per heavy atom. The minimum absolute atomic E-state index is 0.0786. The summed E-state index contributed by atoms with van der Waals surface area (Å²) in [7, 11) is 3.45. The van der Waals surface area contributed by atoms with E-state index in [1.807, 2.05) is 42.1 Å². The second-order valence-electron chi connectivity index (χ2n) is 5.72. The molecular weight excluding hydrogens is 321 g/mol. The third-order valence-corrected chi connectivity index (χ3v) is 4.12. The molecule has 0 saturated heterocycles. The molecule has 0 fully saturated rings. The fourth-order valence-corrected chi connectivity index (χ4v) is 2.68. The fourth-order valence-electron chi connectivity index (χ4n) is 2.68. The van der Waals surface area contributed by atoms with E-state index in [2.05, 4.69) is 0 Å². The van der Waals surface area contributed by atoms with Gasteiger partial charge in [-0.25, -0.2) is 13.5 Å². The van der Waals surface area contributed by atoms with E-state index in [1.54, 1.807) is 11.7 Å². The van der Waals surface area contributed by atoms with Gasteiger partial charge >= 0.3 is 5.95 Å². The van der Waals surface area contributed by atoms with Crippen molar-refractivity contribution in [2.45, 2.75) is 6.54 Å². The molecule has 6 heteroatoms. The van der Waals surface area contributed by atoms with E-state index < -0.39 is 0 Å². The molecule has 0 aliphatic heterocycles. The fraction of sp³-hybridized carbons (Fsp3) is 0.158. The number of carbonyl (C=O) groups is 1. The Balaban J connectivity index is 1.90. The molecule has 0 aliphatic carbocycles. The van der Waals surface area contributed by atoms with Gasteiger partial charge in [0.2, 0.25) is 0 Å². The molecule has 25 heavy (non-hydrogen) atoms. The largest absolute Gasteiger partial charge is 0.497 e. The van der Waals surface area contributed by atoms with Crippen molar-refractivity contribution >= 4 is 11.7 Å². The van der Waals surface area contributed by atoms with Gasteiger partial charge in [-0.05, 0) is 36.4 Å². The number of methoxy groups -OCH3 is 1. The van der Waals surface area contributed by atoms with Gasteiger partial charge in [-0.2, -0.15) is 0 Å². The topological polar surface area (TPSA) is 61.1 Å². The monoisotopic (exact) mass is 340 g/mol. The van der Waals surface area contributed by atoms with E-state index in [1.165, 1.54) is 24.3 Å². The van der Waals surface area contributed by atoms with Crippen molar-refractivity contribution in [1.29, 1.82) is 0 Å². The van der Waals surface area contributed by atoms with Gasteiger partial charge in [0, 0.05) is 11.1 Å². The number of halogens is 1. The summed E-state index contributed by atoms with van der Waals surface area (Å²) in [5.41, 5.74) is 8.38. The van der Waals surface area contributed by atoms with Gasteiger partial charge in [-0.15, -0.1) is 0 Å². The summed E-state index contributed by atoms with van der Waals surface area (Å²) < 4.78 is 21.7. The summed E-state index contributed by atoms with van der Waals surface area (Å²) in [5.74, 6) is 0.683. The highest BCUT2D eigenvalue weighted by Crippen LogP contribution is 2.24. The lowest BCUT2D eigenvalue weighted by atomic mass is 10.1. The molecule has 0 radical (unpaired) electrons. The van der Waals surface area contributed by atoms with Crippen LogP contribution >= 0.6 is 0 Å². The van der Waals surface area contributed by atoms with Crippen LogP contribution in [0.25, 0.3) is 11.3 Å². The van der Waals surface area contributed by atoms with Crippen molar-refractivity contribution in [3.8, 4) is 17.0 Å². The van der Waals surface area contributed by atoms with Gasteiger partial charge in [0.05, 0.1) is 14.2 Å². The van der Waals surface area contributed by atoms with Crippen LogP contribution < -0.4 is 15.0 Å². The Bertz CT molecular complexity index is 917. The molecule has 128 valence electrons. The number of nitrogens with zero attached hydrogens (tertiary/aromatic N) is 2. The second kappa shape index (κ2) is 6.76. The predicted octanol–water partition coefficient (Wildman–Crippen LogP) is 2.59. The molecule has 0 bridgehead atoms. The number of ether oxygens (including phenoxy) is 1. The average molecular weight is 340 g/mol. The van der Waals surface area contributed by atoms with Crippen LogP contribution in [-0.2, 0) is 13.6 Å². The number of carbonyl (C=O) groups excluding carboxylic acids is 1. The third kappa shape index (κ3) is 3.38. The molecular formula is C19H19FN3O2+. The second-order valence-corrected chi connectivity index (χ2v) is 5.72. The standard InChI is InChI=1S/C19H18FN3O2/c1-22-17(14-4-3-5-16(10-14)25-2)11-23(19(22)21)12-18(24)13-6-8-15(20)9-7-13/h3-11,21H,12H2,1-2H3/p+1. The van der Waals surface area contributed by atoms with Gasteiger partial charge < -0.3 is 4.74 Å². The minimum Gasteiger partial charge on any atom is -0.497 e. The number of imidazole rings is 1. The zero-order valence-corrected chi connectivity index (χ0v) is 14.1. The molecule has 2 aromatic carbocycles. The number of nitrogen functional groups attached to an aromatic ring is 1. The van der Waals surface area contributed by atoms with Gasteiger partial charge in [0.15, 0.2) is 5.78 Å². The smallest absolute Gasteiger partial charge is 0.355 e. The van der Waals surface area contributed by atoms with E-state index in [4.69, 9.17) is 10.5 Å². The Morgan fingerprint density at radius 2 is 1.96 bits per heavy atom. The Kier molecular flexibility index (Phi) is 4.52. The number of nitrogens with two attached hydrogens (primary N) is 1. The van der Waals surface area contributed by atoms with Crippen LogP contribution in [0.3, 0.4) is 0 Å². The highest BCUT2D eigenvalue weighted by molar-refractivity contribution is 5.95. The van der Waals surface area contributed by atoms with Gasteiger partial charge in [-0.1, -0.05) is 12.1 Å². The average Bonchev–Trinajstić information content (AvgIpc) is 2.90. The number of benzene rings is 2. The maximum Gasteiger partial charge on any atom is 0.355 e. The van der Waals surface area contributed by atoms with E-state index in [0.717, 1.165) is 17.0 Å². The van der Waals surface area contributed by atoms with Crippen molar-refractivity contribution in [2.24, 2.45) is 7.05 Å². The van der Waals surface area contributed by atoms with Crippen molar-refractivity contribution in [1.82, 2.24) is 4.57 Å². The van der Waals surface area contributed by atoms with Crippen molar-refractivity contribution in [3.63, 3.8) is 0 Å². The molecule has 1 aromatic heterocycles. The Morgan fingerprint density at radius 1 is 1.24 bits per heavy atom. The molecule has 3 aromatic rings. The van der Waals surface area contributed by atoms with Crippen LogP contribution in [0, 0.1) is 5.82 Å². The van der Waals surface area contributed by atoms with Crippen LogP contribution in [0.15, 0.2) is 54.7 Å². The molecule has 3 rings (SSSR count).